The monoisotopic (exact) mass is 502 g/mol. The molecule has 3 rings (SSSR count). The van der Waals surface area contributed by atoms with Gasteiger partial charge in [0.05, 0.1) is 6.21 Å². The van der Waals surface area contributed by atoms with Gasteiger partial charge in [-0.3, -0.25) is 0 Å². The SMILES string of the molecule is Cc1cccc(OP(=O)(N/N=C/c2cc(Br)ccc2O)Oc2cccc(C)c2C)c1C. The van der Waals surface area contributed by atoms with Gasteiger partial charge in [-0.15, -0.1) is 0 Å². The number of nitrogens with zero attached hydrogens (tertiary/aromatic N) is 1. The third kappa shape index (κ3) is 5.69. The van der Waals surface area contributed by atoms with Gasteiger partial charge in [-0.1, -0.05) is 40.2 Å². The van der Waals surface area contributed by atoms with Gasteiger partial charge < -0.3 is 14.2 Å². The largest absolute Gasteiger partial charge is 0.557 e. The predicted molar refractivity (Wildman–Crippen MR) is 127 cm³/mol. The first-order valence-corrected chi connectivity index (χ1v) is 11.9. The number of hydrogen-bond acceptors (Lipinski definition) is 5. The van der Waals surface area contributed by atoms with Crippen LogP contribution >= 0.6 is 23.7 Å². The van der Waals surface area contributed by atoms with Gasteiger partial charge in [-0.25, -0.2) is 4.57 Å². The number of hydrazone groups is 1. The van der Waals surface area contributed by atoms with Crippen LogP contribution in [0.4, 0.5) is 0 Å². The van der Waals surface area contributed by atoms with Crippen molar-refractivity contribution in [3.8, 4) is 17.2 Å². The summed E-state index contributed by atoms with van der Waals surface area (Å²) in [5.74, 6) is 0.901. The highest BCUT2D eigenvalue weighted by molar-refractivity contribution is 9.10. The molecule has 0 fully saturated rings. The number of aromatic hydroxyl groups is 1. The third-order valence-electron chi connectivity index (χ3n) is 4.92. The van der Waals surface area contributed by atoms with Gasteiger partial charge in [-0.2, -0.15) is 10.3 Å². The number of rotatable bonds is 7. The Morgan fingerprint density at radius 2 is 1.48 bits per heavy atom. The van der Waals surface area contributed by atoms with E-state index in [2.05, 4.69) is 26.2 Å². The lowest BCUT2D eigenvalue weighted by Gasteiger charge is -2.21. The predicted octanol–water partition coefficient (Wildman–Crippen LogP) is 6.58. The molecule has 3 aromatic carbocycles. The Morgan fingerprint density at radius 1 is 0.935 bits per heavy atom. The lowest BCUT2D eigenvalue weighted by molar-refractivity contribution is 0.370. The maximum Gasteiger partial charge on any atom is 0.557 e. The summed E-state index contributed by atoms with van der Waals surface area (Å²) in [7, 11) is -3.96. The molecule has 3 aromatic rings. The van der Waals surface area contributed by atoms with Gasteiger partial charge in [0.25, 0.3) is 0 Å². The maximum atomic E-state index is 13.7. The molecule has 6 nitrogen and oxygen atoms in total. The summed E-state index contributed by atoms with van der Waals surface area (Å²) < 4.78 is 26.1. The molecule has 0 aliphatic carbocycles. The van der Waals surface area contributed by atoms with E-state index >= 15 is 0 Å². The molecule has 0 aliphatic heterocycles. The van der Waals surface area contributed by atoms with Crippen molar-refractivity contribution in [1.29, 1.82) is 0 Å². The number of phenolic OH excluding ortho intramolecular Hbond substituents is 1. The average molecular weight is 503 g/mol. The molecule has 8 heteroatoms. The summed E-state index contributed by atoms with van der Waals surface area (Å²) in [6.45, 7) is 7.66. The summed E-state index contributed by atoms with van der Waals surface area (Å²) in [4.78, 5) is 0. The Hall–Kier alpha value is -2.76. The van der Waals surface area contributed by atoms with E-state index in [0.29, 0.717) is 17.1 Å². The fraction of sp³-hybridized carbons (Fsp3) is 0.174. The molecule has 162 valence electrons. The molecule has 0 spiro atoms. The van der Waals surface area contributed by atoms with Crippen LogP contribution in [0.3, 0.4) is 0 Å². The molecule has 0 saturated heterocycles. The minimum Gasteiger partial charge on any atom is -0.507 e. The molecule has 0 amide bonds. The Morgan fingerprint density at radius 3 is 2.03 bits per heavy atom. The van der Waals surface area contributed by atoms with Crippen molar-refractivity contribution in [1.82, 2.24) is 5.20 Å². The number of nitrogens with one attached hydrogen (secondary N) is 1. The van der Waals surface area contributed by atoms with Gasteiger partial charge in [0.15, 0.2) is 0 Å². The second-order valence-corrected chi connectivity index (χ2v) is 9.61. The van der Waals surface area contributed by atoms with E-state index in [0.717, 1.165) is 26.7 Å². The second kappa shape index (κ2) is 9.58. The molecule has 0 saturated carbocycles. The summed E-state index contributed by atoms with van der Waals surface area (Å²) >= 11 is 3.35. The van der Waals surface area contributed by atoms with Crippen molar-refractivity contribution in [3.05, 3.63) is 86.9 Å². The summed E-state index contributed by atoms with van der Waals surface area (Å²) in [5.41, 5.74) is 4.13. The van der Waals surface area contributed by atoms with Gasteiger partial charge in [0.2, 0.25) is 0 Å². The van der Waals surface area contributed by atoms with E-state index in [1.54, 1.807) is 24.3 Å². The molecule has 0 bridgehead atoms. The first-order chi connectivity index (χ1) is 14.7. The van der Waals surface area contributed by atoms with Gasteiger partial charge in [0, 0.05) is 10.0 Å². The Balaban J connectivity index is 1.94. The molecule has 0 atom stereocenters. The minimum atomic E-state index is -3.96. The van der Waals surface area contributed by atoms with Crippen LogP contribution in [0.1, 0.15) is 27.8 Å². The maximum absolute atomic E-state index is 13.7. The summed E-state index contributed by atoms with van der Waals surface area (Å²) in [6.07, 6.45) is 1.35. The molecule has 0 heterocycles. The van der Waals surface area contributed by atoms with Crippen molar-refractivity contribution in [2.24, 2.45) is 5.10 Å². The molecule has 2 N–H and O–H groups in total. The minimum absolute atomic E-state index is 0.0366. The first-order valence-electron chi connectivity index (χ1n) is 9.59. The normalized spacial score (nSPS) is 11.5. The first kappa shape index (κ1) is 22.9. The highest BCUT2D eigenvalue weighted by Gasteiger charge is 2.30. The van der Waals surface area contributed by atoms with E-state index in [-0.39, 0.29) is 5.75 Å². The fourth-order valence-electron chi connectivity index (χ4n) is 2.76. The molecule has 31 heavy (non-hydrogen) atoms. The molecular weight excluding hydrogens is 479 g/mol. The van der Waals surface area contributed by atoms with Crippen LogP contribution in [0.25, 0.3) is 0 Å². The van der Waals surface area contributed by atoms with Crippen molar-refractivity contribution in [2.75, 3.05) is 0 Å². The molecule has 0 unspecified atom stereocenters. The van der Waals surface area contributed by atoms with Crippen molar-refractivity contribution >= 4 is 29.9 Å². The average Bonchev–Trinajstić information content (AvgIpc) is 2.72. The Kier molecular flexibility index (Phi) is 7.08. The highest BCUT2D eigenvalue weighted by Crippen LogP contribution is 2.47. The van der Waals surface area contributed by atoms with Crippen LogP contribution in [0.2, 0.25) is 0 Å². The van der Waals surface area contributed by atoms with Crippen LogP contribution in [-0.2, 0) is 4.57 Å². The van der Waals surface area contributed by atoms with Crippen LogP contribution < -0.4 is 14.2 Å². The van der Waals surface area contributed by atoms with E-state index in [1.807, 2.05) is 52.0 Å². The zero-order valence-corrected chi connectivity index (χ0v) is 20.2. The van der Waals surface area contributed by atoms with Crippen LogP contribution in [0.5, 0.6) is 17.2 Å². The number of aryl methyl sites for hydroxylation is 2. The Bertz CT molecular complexity index is 1120. The molecular formula is C23H24BrN2O4P. The summed E-state index contributed by atoms with van der Waals surface area (Å²) in [6, 6.07) is 15.9. The van der Waals surface area contributed by atoms with Crippen LogP contribution in [0.15, 0.2) is 64.2 Å². The molecule has 0 aliphatic rings. The van der Waals surface area contributed by atoms with Crippen LogP contribution in [0, 0.1) is 27.7 Å². The topological polar surface area (TPSA) is 80.2 Å². The molecule has 0 radical (unpaired) electrons. The van der Waals surface area contributed by atoms with E-state index < -0.39 is 7.75 Å². The number of phenols is 1. The van der Waals surface area contributed by atoms with Gasteiger partial charge in [-0.05, 0) is 80.3 Å². The van der Waals surface area contributed by atoms with Gasteiger partial charge >= 0.3 is 7.75 Å². The summed E-state index contributed by atoms with van der Waals surface area (Å²) in [5, 5.41) is 16.6. The zero-order chi connectivity index (χ0) is 22.6. The highest BCUT2D eigenvalue weighted by atomic mass is 79.9. The van der Waals surface area contributed by atoms with E-state index in [4.69, 9.17) is 9.05 Å². The van der Waals surface area contributed by atoms with E-state index in [9.17, 15) is 9.67 Å². The standard InChI is InChI=1S/C23H24BrN2O4P/c1-15-7-5-9-22(17(15)3)29-31(28,30-23-10-6-8-16(2)18(23)4)26-25-14-19-13-20(24)11-12-21(19)27/h5-14,27H,1-4H3,(H,26,28)/b25-14+. The number of halogens is 1. The van der Waals surface area contributed by atoms with Gasteiger partial charge in [0.1, 0.15) is 17.2 Å². The van der Waals surface area contributed by atoms with Crippen LogP contribution in [-0.4, -0.2) is 11.3 Å². The quantitative estimate of drug-likeness (QED) is 0.216. The smallest absolute Gasteiger partial charge is 0.507 e. The van der Waals surface area contributed by atoms with E-state index in [1.165, 1.54) is 12.3 Å². The molecule has 0 aromatic heterocycles. The number of benzene rings is 3. The number of hydrogen-bond donors (Lipinski definition) is 2. The second-order valence-electron chi connectivity index (χ2n) is 7.14. The Labute approximate surface area is 190 Å². The lowest BCUT2D eigenvalue weighted by Crippen LogP contribution is -2.15. The van der Waals surface area contributed by atoms with Crippen molar-refractivity contribution in [3.63, 3.8) is 0 Å². The third-order valence-corrected chi connectivity index (χ3v) is 6.65. The van der Waals surface area contributed by atoms with Crippen molar-refractivity contribution < 1.29 is 18.7 Å². The van der Waals surface area contributed by atoms with Crippen molar-refractivity contribution in [2.45, 2.75) is 27.7 Å². The zero-order valence-electron chi connectivity index (χ0n) is 17.7. The lowest BCUT2D eigenvalue weighted by atomic mass is 10.1. The fourth-order valence-corrected chi connectivity index (χ4v) is 4.37.